The highest BCUT2D eigenvalue weighted by molar-refractivity contribution is 6.01. The predicted octanol–water partition coefficient (Wildman–Crippen LogP) is 2.53. The Balaban J connectivity index is 1.47. The van der Waals surface area contributed by atoms with E-state index in [0.717, 1.165) is 22.5 Å². The molecule has 1 aliphatic heterocycles. The molecule has 1 aliphatic rings. The third kappa shape index (κ3) is 4.01. The summed E-state index contributed by atoms with van der Waals surface area (Å²) in [4.78, 5) is 33.5. The Morgan fingerprint density at radius 3 is 2.93 bits per heavy atom. The monoisotopic (exact) mass is 391 g/mol. The second-order valence-corrected chi connectivity index (χ2v) is 7.04. The molecule has 0 saturated heterocycles. The van der Waals surface area contributed by atoms with Crippen molar-refractivity contribution in [3.63, 3.8) is 0 Å². The Morgan fingerprint density at radius 1 is 1.31 bits per heavy atom. The number of nitrogens with zero attached hydrogens (tertiary/aromatic N) is 3. The van der Waals surface area contributed by atoms with Gasteiger partial charge in [-0.1, -0.05) is 23.4 Å². The van der Waals surface area contributed by atoms with E-state index in [0.29, 0.717) is 30.2 Å². The van der Waals surface area contributed by atoms with Crippen LogP contribution in [0.5, 0.6) is 0 Å². The summed E-state index contributed by atoms with van der Waals surface area (Å²) >= 11 is 0. The van der Waals surface area contributed by atoms with E-state index in [-0.39, 0.29) is 18.2 Å². The summed E-state index contributed by atoms with van der Waals surface area (Å²) in [6.07, 6.45) is 2.35. The van der Waals surface area contributed by atoms with Crippen molar-refractivity contribution in [1.29, 1.82) is 0 Å². The quantitative estimate of drug-likeness (QED) is 0.692. The Kier molecular flexibility index (Phi) is 5.07. The molecule has 148 valence electrons. The zero-order valence-corrected chi connectivity index (χ0v) is 16.2. The number of anilines is 1. The van der Waals surface area contributed by atoms with Crippen LogP contribution in [0.3, 0.4) is 0 Å². The van der Waals surface area contributed by atoms with E-state index in [1.165, 1.54) is 0 Å². The minimum absolute atomic E-state index is 0.137. The smallest absolute Gasteiger partial charge is 0.228 e. The first-order valence-electron chi connectivity index (χ1n) is 9.44. The normalized spacial score (nSPS) is 15.5. The van der Waals surface area contributed by atoms with Gasteiger partial charge in [0.2, 0.25) is 11.8 Å². The molecule has 0 radical (unpaired) electrons. The molecule has 4 rings (SSSR count). The van der Waals surface area contributed by atoms with Gasteiger partial charge in [-0.2, -0.15) is 0 Å². The number of aryl methyl sites for hydroxylation is 2. The second kappa shape index (κ2) is 7.83. The number of benzene rings is 1. The van der Waals surface area contributed by atoms with Crippen LogP contribution in [-0.4, -0.2) is 33.5 Å². The number of carbonyl (C=O) groups excluding carboxylic acids is 2. The van der Waals surface area contributed by atoms with Crippen molar-refractivity contribution in [3.05, 3.63) is 59.3 Å². The summed E-state index contributed by atoms with van der Waals surface area (Å²) in [5.41, 5.74) is 3.83. The first kappa shape index (κ1) is 18.8. The van der Waals surface area contributed by atoms with Crippen molar-refractivity contribution < 1.29 is 14.1 Å². The molecule has 0 saturated carbocycles. The lowest BCUT2D eigenvalue weighted by Crippen LogP contribution is -2.36. The molecular formula is C21H21N5O3. The average molecular weight is 391 g/mol. The van der Waals surface area contributed by atoms with Crippen LogP contribution in [0.4, 0.5) is 5.69 Å². The zero-order valence-electron chi connectivity index (χ0n) is 16.2. The van der Waals surface area contributed by atoms with Crippen molar-refractivity contribution in [2.24, 2.45) is 0 Å². The number of aromatic nitrogens is 3. The maximum atomic E-state index is 12.8. The van der Waals surface area contributed by atoms with E-state index < -0.39 is 5.92 Å². The van der Waals surface area contributed by atoms with Gasteiger partial charge in [0.25, 0.3) is 0 Å². The minimum Gasteiger partial charge on any atom is -0.356 e. The van der Waals surface area contributed by atoms with Crippen molar-refractivity contribution in [2.45, 2.75) is 32.6 Å². The van der Waals surface area contributed by atoms with E-state index in [1.807, 2.05) is 44.2 Å². The predicted molar refractivity (Wildman–Crippen MR) is 106 cm³/mol. The van der Waals surface area contributed by atoms with Crippen molar-refractivity contribution in [2.75, 3.05) is 11.9 Å². The fourth-order valence-corrected chi connectivity index (χ4v) is 3.48. The number of fused-ring (bicyclic) bond motifs is 1. The Bertz CT molecular complexity index is 1080. The number of nitrogens with one attached hydrogen (secondary N) is 2. The van der Waals surface area contributed by atoms with Gasteiger partial charge in [0.15, 0.2) is 5.76 Å². The Hall–Kier alpha value is -3.55. The number of amides is 2. The molecule has 0 spiro atoms. The Morgan fingerprint density at radius 2 is 2.14 bits per heavy atom. The van der Waals surface area contributed by atoms with Crippen LogP contribution in [0.2, 0.25) is 0 Å². The van der Waals surface area contributed by atoms with E-state index in [9.17, 15) is 9.59 Å². The molecule has 8 heteroatoms. The lowest BCUT2D eigenvalue weighted by molar-refractivity contribution is -0.126. The minimum atomic E-state index is -0.497. The maximum Gasteiger partial charge on any atom is 0.228 e. The lowest BCUT2D eigenvalue weighted by atomic mass is 9.90. The summed E-state index contributed by atoms with van der Waals surface area (Å²) in [6.45, 7) is 4.05. The molecule has 0 bridgehead atoms. The molecule has 8 nitrogen and oxygen atoms in total. The summed E-state index contributed by atoms with van der Waals surface area (Å²) in [7, 11) is 0. The fourth-order valence-electron chi connectivity index (χ4n) is 3.48. The number of rotatable bonds is 5. The van der Waals surface area contributed by atoms with E-state index in [2.05, 4.69) is 25.8 Å². The highest BCUT2D eigenvalue weighted by Crippen LogP contribution is 2.32. The van der Waals surface area contributed by atoms with Crippen molar-refractivity contribution >= 4 is 17.5 Å². The standard InChI is InChI=1S/C21H21N5O3/c1-12-9-19(29-26-12)16-11-23-13(2)24-18(16)7-8-22-21(28)15-10-20(27)25-17-6-4-3-5-14(15)17/h3-6,9,11,15H,7-8,10H2,1-2H3,(H,22,28)(H,25,27). The molecule has 1 atom stereocenters. The maximum absolute atomic E-state index is 12.8. The van der Waals surface area contributed by atoms with Crippen LogP contribution < -0.4 is 10.6 Å². The molecule has 0 aliphatic carbocycles. The Labute approximate surface area is 167 Å². The van der Waals surface area contributed by atoms with Gasteiger partial charge in [0.1, 0.15) is 5.82 Å². The molecule has 2 N–H and O–H groups in total. The number of hydrogen-bond donors (Lipinski definition) is 2. The van der Waals surface area contributed by atoms with Crippen LogP contribution in [0.1, 0.15) is 35.1 Å². The highest BCUT2D eigenvalue weighted by Gasteiger charge is 2.30. The number of hydrogen-bond acceptors (Lipinski definition) is 6. The van der Waals surface area contributed by atoms with Crippen molar-refractivity contribution in [3.8, 4) is 11.3 Å². The molecule has 1 unspecified atom stereocenters. The van der Waals surface area contributed by atoms with Crippen molar-refractivity contribution in [1.82, 2.24) is 20.4 Å². The topological polar surface area (TPSA) is 110 Å². The summed E-state index contributed by atoms with van der Waals surface area (Å²) < 4.78 is 5.34. The van der Waals surface area contributed by atoms with Crippen LogP contribution >= 0.6 is 0 Å². The van der Waals surface area contributed by atoms with E-state index >= 15 is 0 Å². The van der Waals surface area contributed by atoms with Gasteiger partial charge in [0.05, 0.1) is 22.9 Å². The van der Waals surface area contributed by atoms with E-state index in [1.54, 1.807) is 6.20 Å². The SMILES string of the molecule is Cc1cc(-c2cnc(C)nc2CCNC(=O)C2CC(=O)Nc3ccccc32)on1. The van der Waals surface area contributed by atoms with Gasteiger partial charge in [-0.15, -0.1) is 0 Å². The first-order valence-corrected chi connectivity index (χ1v) is 9.44. The molecule has 2 amide bonds. The highest BCUT2D eigenvalue weighted by atomic mass is 16.5. The van der Waals surface area contributed by atoms with Gasteiger partial charge in [0, 0.05) is 37.3 Å². The molecule has 29 heavy (non-hydrogen) atoms. The largest absolute Gasteiger partial charge is 0.356 e. The summed E-state index contributed by atoms with van der Waals surface area (Å²) in [6, 6.07) is 9.21. The van der Waals surface area contributed by atoms with Gasteiger partial charge >= 0.3 is 0 Å². The third-order valence-corrected chi connectivity index (χ3v) is 4.86. The number of carbonyl (C=O) groups is 2. The van der Waals surface area contributed by atoms with Crippen LogP contribution in [0.25, 0.3) is 11.3 Å². The molecule has 1 aromatic carbocycles. The molecular weight excluding hydrogens is 370 g/mol. The van der Waals surface area contributed by atoms with Gasteiger partial charge < -0.3 is 15.2 Å². The molecule has 2 aromatic heterocycles. The van der Waals surface area contributed by atoms with Gasteiger partial charge in [-0.25, -0.2) is 9.97 Å². The first-order chi connectivity index (χ1) is 14.0. The summed E-state index contributed by atoms with van der Waals surface area (Å²) in [5.74, 6) is 0.419. The van der Waals surface area contributed by atoms with Gasteiger partial charge in [-0.05, 0) is 25.5 Å². The second-order valence-electron chi connectivity index (χ2n) is 7.04. The molecule has 3 heterocycles. The zero-order chi connectivity index (χ0) is 20.4. The summed E-state index contributed by atoms with van der Waals surface area (Å²) in [5, 5.41) is 9.66. The number of para-hydroxylation sites is 1. The van der Waals surface area contributed by atoms with Gasteiger partial charge in [-0.3, -0.25) is 9.59 Å². The molecule has 0 fully saturated rings. The lowest BCUT2D eigenvalue weighted by Gasteiger charge is -2.24. The average Bonchev–Trinajstić information content (AvgIpc) is 3.13. The molecule has 3 aromatic rings. The van der Waals surface area contributed by atoms with Crippen LogP contribution in [-0.2, 0) is 16.0 Å². The van der Waals surface area contributed by atoms with E-state index in [4.69, 9.17) is 4.52 Å². The third-order valence-electron chi connectivity index (χ3n) is 4.86. The van der Waals surface area contributed by atoms with Crippen LogP contribution in [0, 0.1) is 13.8 Å². The van der Waals surface area contributed by atoms with Crippen LogP contribution in [0.15, 0.2) is 41.1 Å². The fraction of sp³-hybridized carbons (Fsp3) is 0.286.